The zero-order valence-corrected chi connectivity index (χ0v) is 16.0. The predicted octanol–water partition coefficient (Wildman–Crippen LogP) is 2.93. The van der Waals surface area contributed by atoms with Crippen LogP contribution in [0.2, 0.25) is 0 Å². The number of anilines is 3. The lowest BCUT2D eigenvalue weighted by Crippen LogP contribution is -2.36. The molecule has 6 nitrogen and oxygen atoms in total. The molecule has 0 radical (unpaired) electrons. The number of nitrogens with zero attached hydrogens (tertiary/aromatic N) is 2. The molecule has 0 spiro atoms. The summed E-state index contributed by atoms with van der Waals surface area (Å²) in [6, 6.07) is 13.4. The Kier molecular flexibility index (Phi) is 6.60. The fraction of sp³-hybridized carbons (Fsp3) is 0.333. The fourth-order valence-electron chi connectivity index (χ4n) is 3.21. The number of hydrogen-bond donors (Lipinski definition) is 2. The van der Waals surface area contributed by atoms with Gasteiger partial charge in [-0.3, -0.25) is 14.5 Å². The third-order valence-corrected chi connectivity index (χ3v) is 4.58. The molecule has 1 aliphatic heterocycles. The topological polar surface area (TPSA) is 64.7 Å². The van der Waals surface area contributed by atoms with Gasteiger partial charge in [0.25, 0.3) is 0 Å². The molecule has 2 N–H and O–H groups in total. The van der Waals surface area contributed by atoms with E-state index in [1.54, 1.807) is 11.9 Å². The predicted molar refractivity (Wildman–Crippen MR) is 109 cm³/mol. The van der Waals surface area contributed by atoms with E-state index in [-0.39, 0.29) is 30.7 Å². The summed E-state index contributed by atoms with van der Waals surface area (Å²) in [6.45, 7) is 2.30. The van der Waals surface area contributed by atoms with Gasteiger partial charge >= 0.3 is 0 Å². The summed E-state index contributed by atoms with van der Waals surface area (Å²) < 4.78 is 12.9. The lowest BCUT2D eigenvalue weighted by molar-refractivity contribution is -0.119. The van der Waals surface area contributed by atoms with Crippen LogP contribution in [0.25, 0.3) is 0 Å². The van der Waals surface area contributed by atoms with E-state index in [4.69, 9.17) is 0 Å². The molecule has 7 heteroatoms. The summed E-state index contributed by atoms with van der Waals surface area (Å²) in [6.07, 6.45) is 2.44. The quantitative estimate of drug-likeness (QED) is 0.770. The first-order valence-electron chi connectivity index (χ1n) is 9.38. The zero-order chi connectivity index (χ0) is 19.9. The van der Waals surface area contributed by atoms with Gasteiger partial charge in [-0.25, -0.2) is 4.39 Å². The maximum absolute atomic E-state index is 12.9. The van der Waals surface area contributed by atoms with E-state index in [0.717, 1.165) is 18.8 Å². The Bertz CT molecular complexity index is 802. The Labute approximate surface area is 164 Å². The molecule has 0 aliphatic carbocycles. The van der Waals surface area contributed by atoms with E-state index in [0.29, 0.717) is 5.69 Å². The molecular weight excluding hydrogens is 359 g/mol. The van der Waals surface area contributed by atoms with Crippen LogP contribution in [0.3, 0.4) is 0 Å². The number of hydrogen-bond acceptors (Lipinski definition) is 4. The number of halogens is 1. The van der Waals surface area contributed by atoms with E-state index in [1.165, 1.54) is 42.8 Å². The second-order valence-corrected chi connectivity index (χ2v) is 7.02. The normalized spacial score (nSPS) is 13.6. The molecule has 28 heavy (non-hydrogen) atoms. The van der Waals surface area contributed by atoms with Gasteiger partial charge in [-0.05, 0) is 68.4 Å². The Morgan fingerprint density at radius 2 is 1.36 bits per heavy atom. The van der Waals surface area contributed by atoms with Crippen LogP contribution in [0, 0.1) is 5.82 Å². The van der Waals surface area contributed by atoms with E-state index in [1.807, 2.05) is 24.3 Å². The third-order valence-electron chi connectivity index (χ3n) is 4.58. The molecule has 2 amide bonds. The van der Waals surface area contributed by atoms with Crippen LogP contribution in [0.15, 0.2) is 48.5 Å². The van der Waals surface area contributed by atoms with Crippen molar-refractivity contribution in [1.29, 1.82) is 0 Å². The lowest BCUT2D eigenvalue weighted by atomic mass is 10.2. The molecule has 1 saturated heterocycles. The molecule has 0 unspecified atom stereocenters. The number of likely N-dealkylation sites (N-methyl/N-ethyl adjacent to an activating group) is 1. The smallest absolute Gasteiger partial charge is 0.238 e. The summed E-state index contributed by atoms with van der Waals surface area (Å²) in [5.41, 5.74) is 2.42. The first-order valence-corrected chi connectivity index (χ1v) is 9.38. The molecular formula is C21H25FN4O2. The van der Waals surface area contributed by atoms with Gasteiger partial charge in [-0.2, -0.15) is 0 Å². The fourth-order valence-corrected chi connectivity index (χ4v) is 3.21. The standard InChI is InChI=1S/C21H25FN4O2/c1-25(14-20(27)23-17-6-4-16(22)5-7-17)15-21(28)24-18-8-10-19(11-9-18)26-12-2-3-13-26/h4-11H,2-3,12-15H2,1H3,(H,23,27)(H,24,28). The Hall–Kier alpha value is -2.93. The first kappa shape index (κ1) is 19.8. The third kappa shape index (κ3) is 5.79. The van der Waals surface area contributed by atoms with Gasteiger partial charge in [0.15, 0.2) is 0 Å². The van der Waals surface area contributed by atoms with Gasteiger partial charge < -0.3 is 15.5 Å². The average molecular weight is 384 g/mol. The number of nitrogens with one attached hydrogen (secondary N) is 2. The molecule has 0 aromatic heterocycles. The summed E-state index contributed by atoms with van der Waals surface area (Å²) in [5, 5.41) is 5.52. The highest BCUT2D eigenvalue weighted by molar-refractivity contribution is 5.94. The van der Waals surface area contributed by atoms with E-state index < -0.39 is 0 Å². The number of carbonyl (C=O) groups excluding carboxylic acids is 2. The van der Waals surface area contributed by atoms with Crippen molar-refractivity contribution in [2.75, 3.05) is 48.8 Å². The first-order chi connectivity index (χ1) is 13.5. The molecule has 1 heterocycles. The monoisotopic (exact) mass is 384 g/mol. The van der Waals surface area contributed by atoms with Crippen molar-refractivity contribution in [3.8, 4) is 0 Å². The number of carbonyl (C=O) groups is 2. The van der Waals surface area contributed by atoms with Crippen molar-refractivity contribution >= 4 is 28.9 Å². The van der Waals surface area contributed by atoms with E-state index in [2.05, 4.69) is 15.5 Å². The molecule has 148 valence electrons. The molecule has 1 fully saturated rings. The highest BCUT2D eigenvalue weighted by atomic mass is 19.1. The maximum Gasteiger partial charge on any atom is 0.238 e. The maximum atomic E-state index is 12.9. The summed E-state index contributed by atoms with van der Waals surface area (Å²) in [7, 11) is 1.69. The van der Waals surface area contributed by atoms with Crippen LogP contribution in [0.4, 0.5) is 21.5 Å². The van der Waals surface area contributed by atoms with Gasteiger partial charge in [0.2, 0.25) is 11.8 Å². The second-order valence-electron chi connectivity index (χ2n) is 7.02. The average Bonchev–Trinajstić information content (AvgIpc) is 3.18. The van der Waals surface area contributed by atoms with Crippen LogP contribution in [0.1, 0.15) is 12.8 Å². The highest BCUT2D eigenvalue weighted by Gasteiger charge is 2.13. The van der Waals surface area contributed by atoms with Gasteiger partial charge in [-0.15, -0.1) is 0 Å². The molecule has 1 aliphatic rings. The van der Waals surface area contributed by atoms with Crippen molar-refractivity contribution in [1.82, 2.24) is 4.90 Å². The van der Waals surface area contributed by atoms with Crippen LogP contribution in [-0.2, 0) is 9.59 Å². The minimum Gasteiger partial charge on any atom is -0.372 e. The minimum absolute atomic E-state index is 0.0543. The molecule has 3 rings (SSSR count). The second kappa shape index (κ2) is 9.32. The van der Waals surface area contributed by atoms with Crippen molar-refractivity contribution in [3.05, 3.63) is 54.3 Å². The minimum atomic E-state index is -0.361. The summed E-state index contributed by atoms with van der Waals surface area (Å²) in [5.74, 6) is -0.817. The Morgan fingerprint density at radius 3 is 1.86 bits per heavy atom. The molecule has 2 aromatic carbocycles. The van der Waals surface area contributed by atoms with Crippen LogP contribution >= 0.6 is 0 Å². The van der Waals surface area contributed by atoms with Gasteiger partial charge in [0.05, 0.1) is 13.1 Å². The van der Waals surface area contributed by atoms with Gasteiger partial charge in [0, 0.05) is 30.2 Å². The van der Waals surface area contributed by atoms with E-state index >= 15 is 0 Å². The summed E-state index contributed by atoms with van der Waals surface area (Å²) in [4.78, 5) is 28.2. The van der Waals surface area contributed by atoms with Crippen molar-refractivity contribution in [3.63, 3.8) is 0 Å². The molecule has 0 atom stereocenters. The van der Waals surface area contributed by atoms with E-state index in [9.17, 15) is 14.0 Å². The van der Waals surface area contributed by atoms with Crippen LogP contribution < -0.4 is 15.5 Å². The zero-order valence-electron chi connectivity index (χ0n) is 16.0. The molecule has 0 saturated carbocycles. The van der Waals surface area contributed by atoms with Gasteiger partial charge in [-0.1, -0.05) is 0 Å². The molecule has 0 bridgehead atoms. The lowest BCUT2D eigenvalue weighted by Gasteiger charge is -2.18. The van der Waals surface area contributed by atoms with Crippen molar-refractivity contribution < 1.29 is 14.0 Å². The SMILES string of the molecule is CN(CC(=O)Nc1ccc(F)cc1)CC(=O)Nc1ccc(N2CCCC2)cc1. The number of amides is 2. The number of benzene rings is 2. The molecule has 2 aromatic rings. The van der Waals surface area contributed by atoms with Crippen molar-refractivity contribution in [2.24, 2.45) is 0 Å². The van der Waals surface area contributed by atoms with Crippen LogP contribution in [0.5, 0.6) is 0 Å². The van der Waals surface area contributed by atoms with Gasteiger partial charge in [0.1, 0.15) is 5.82 Å². The highest BCUT2D eigenvalue weighted by Crippen LogP contribution is 2.22. The number of rotatable bonds is 7. The summed E-state index contributed by atoms with van der Waals surface area (Å²) >= 11 is 0. The van der Waals surface area contributed by atoms with Crippen LogP contribution in [-0.4, -0.2) is 49.9 Å². The largest absolute Gasteiger partial charge is 0.372 e. The Balaban J connectivity index is 1.43. The van der Waals surface area contributed by atoms with Crippen molar-refractivity contribution in [2.45, 2.75) is 12.8 Å². The Morgan fingerprint density at radius 1 is 0.893 bits per heavy atom.